The highest BCUT2D eigenvalue weighted by atomic mass is 35.5. The van der Waals surface area contributed by atoms with Crippen LogP contribution in [0, 0.1) is 5.82 Å². The van der Waals surface area contributed by atoms with Gasteiger partial charge < -0.3 is 15.3 Å². The summed E-state index contributed by atoms with van der Waals surface area (Å²) in [5.41, 5.74) is 0.634. The van der Waals surface area contributed by atoms with Crippen LogP contribution in [-0.2, 0) is 6.54 Å². The van der Waals surface area contributed by atoms with Crippen molar-refractivity contribution in [1.29, 1.82) is 0 Å². The van der Waals surface area contributed by atoms with Crippen LogP contribution in [0.4, 0.5) is 14.9 Å². The Morgan fingerprint density at radius 1 is 1.19 bits per heavy atom. The minimum absolute atomic E-state index is 0.0329. The van der Waals surface area contributed by atoms with Gasteiger partial charge in [-0.15, -0.1) is 0 Å². The zero-order valence-electron chi connectivity index (χ0n) is 14.5. The first-order valence-corrected chi connectivity index (χ1v) is 8.88. The largest absolute Gasteiger partial charge is 0.478 e. The van der Waals surface area contributed by atoms with Crippen LogP contribution in [0.2, 0.25) is 5.02 Å². The van der Waals surface area contributed by atoms with Crippen molar-refractivity contribution in [3.05, 3.63) is 64.4 Å². The van der Waals surface area contributed by atoms with Gasteiger partial charge >= 0.3 is 12.0 Å². The molecule has 1 heterocycles. The predicted octanol–water partition coefficient (Wildman–Crippen LogP) is 3.21. The fourth-order valence-electron chi connectivity index (χ4n) is 2.92. The molecule has 2 amide bonds. The summed E-state index contributed by atoms with van der Waals surface area (Å²) in [7, 11) is 0. The smallest absolute Gasteiger partial charge is 0.335 e. The monoisotopic (exact) mass is 391 g/mol. The first-order valence-electron chi connectivity index (χ1n) is 8.50. The van der Waals surface area contributed by atoms with E-state index in [4.69, 9.17) is 16.7 Å². The molecule has 6 nitrogen and oxygen atoms in total. The Morgan fingerprint density at radius 3 is 2.56 bits per heavy atom. The molecule has 0 spiro atoms. The molecule has 0 saturated carbocycles. The van der Waals surface area contributed by atoms with Crippen molar-refractivity contribution in [2.75, 3.05) is 31.1 Å². The Kier molecular flexibility index (Phi) is 5.93. The number of hydrogen-bond donors (Lipinski definition) is 2. The lowest BCUT2D eigenvalue weighted by Crippen LogP contribution is -2.51. The fourth-order valence-corrected chi connectivity index (χ4v) is 3.10. The number of nitrogens with one attached hydrogen (secondary N) is 1. The third-order valence-electron chi connectivity index (χ3n) is 4.37. The number of urea groups is 1. The second kappa shape index (κ2) is 8.37. The summed E-state index contributed by atoms with van der Waals surface area (Å²) >= 11 is 6.07. The Hall–Kier alpha value is -2.64. The van der Waals surface area contributed by atoms with E-state index in [9.17, 15) is 14.0 Å². The van der Waals surface area contributed by atoms with E-state index in [0.29, 0.717) is 36.9 Å². The van der Waals surface area contributed by atoms with Gasteiger partial charge in [-0.1, -0.05) is 23.7 Å². The average Bonchev–Trinajstić information content (AvgIpc) is 2.67. The number of benzene rings is 2. The molecule has 0 radical (unpaired) electrons. The van der Waals surface area contributed by atoms with Crippen molar-refractivity contribution in [2.45, 2.75) is 6.54 Å². The average molecular weight is 392 g/mol. The molecule has 142 valence electrons. The molecule has 2 N–H and O–H groups in total. The molecule has 27 heavy (non-hydrogen) atoms. The number of nitrogens with zero attached hydrogens (tertiary/aromatic N) is 2. The van der Waals surface area contributed by atoms with E-state index < -0.39 is 11.8 Å². The summed E-state index contributed by atoms with van der Waals surface area (Å²) in [6.45, 7) is 2.45. The SMILES string of the molecule is O=C(O)c1ccc(CN(C(=O)N2CCNCC2)c2cccc(Cl)c2)c(F)c1. The molecule has 1 aliphatic rings. The van der Waals surface area contributed by atoms with Crippen molar-refractivity contribution in [1.82, 2.24) is 10.2 Å². The molecule has 0 bridgehead atoms. The van der Waals surface area contributed by atoms with Crippen molar-refractivity contribution < 1.29 is 19.1 Å². The summed E-state index contributed by atoms with van der Waals surface area (Å²) in [5.74, 6) is -1.88. The van der Waals surface area contributed by atoms with E-state index in [1.54, 1.807) is 29.2 Å². The first-order chi connectivity index (χ1) is 13.0. The van der Waals surface area contributed by atoms with E-state index in [1.165, 1.54) is 17.0 Å². The number of carboxylic acid groups (broad SMARTS) is 1. The standard InChI is InChI=1S/C19H19ClFN3O3/c20-15-2-1-3-16(11-15)24(19(27)23-8-6-22-7-9-23)12-14-5-4-13(18(25)26)10-17(14)21/h1-5,10-11,22H,6-9,12H2,(H,25,26). The van der Waals surface area contributed by atoms with Crippen molar-refractivity contribution >= 4 is 29.3 Å². The van der Waals surface area contributed by atoms with Gasteiger partial charge in [-0.3, -0.25) is 4.90 Å². The Bertz CT molecular complexity index is 856. The maximum atomic E-state index is 14.4. The number of halogens is 2. The number of piperazine rings is 1. The second-order valence-electron chi connectivity index (χ2n) is 6.20. The van der Waals surface area contributed by atoms with Crippen LogP contribution in [0.1, 0.15) is 15.9 Å². The number of rotatable bonds is 4. The number of hydrogen-bond acceptors (Lipinski definition) is 3. The third-order valence-corrected chi connectivity index (χ3v) is 4.60. The number of carboxylic acids is 1. The number of anilines is 1. The zero-order valence-corrected chi connectivity index (χ0v) is 15.2. The van der Waals surface area contributed by atoms with Gasteiger partial charge in [-0.2, -0.15) is 0 Å². The van der Waals surface area contributed by atoms with Crippen LogP contribution in [0.3, 0.4) is 0 Å². The Balaban J connectivity index is 1.92. The molecule has 0 aromatic heterocycles. The molecule has 0 aliphatic carbocycles. The highest BCUT2D eigenvalue weighted by Gasteiger charge is 2.25. The zero-order chi connectivity index (χ0) is 19.4. The summed E-state index contributed by atoms with van der Waals surface area (Å²) in [6, 6.07) is 10.2. The van der Waals surface area contributed by atoms with Crippen LogP contribution in [0.5, 0.6) is 0 Å². The molecule has 1 saturated heterocycles. The quantitative estimate of drug-likeness (QED) is 0.839. The van der Waals surface area contributed by atoms with E-state index >= 15 is 0 Å². The van der Waals surface area contributed by atoms with Crippen LogP contribution in [0.25, 0.3) is 0 Å². The van der Waals surface area contributed by atoms with Gasteiger partial charge in [0.15, 0.2) is 0 Å². The lowest BCUT2D eigenvalue weighted by Gasteiger charge is -2.33. The lowest BCUT2D eigenvalue weighted by atomic mass is 10.1. The van der Waals surface area contributed by atoms with Gasteiger partial charge in [0.1, 0.15) is 5.82 Å². The molecule has 1 fully saturated rings. The second-order valence-corrected chi connectivity index (χ2v) is 6.63. The van der Waals surface area contributed by atoms with Crippen molar-refractivity contribution in [3.8, 4) is 0 Å². The van der Waals surface area contributed by atoms with Gasteiger partial charge in [0.05, 0.1) is 12.1 Å². The number of amides is 2. The molecule has 3 rings (SSSR count). The molecule has 2 aromatic rings. The summed E-state index contributed by atoms with van der Waals surface area (Å²) < 4.78 is 14.4. The molecule has 2 aromatic carbocycles. The minimum Gasteiger partial charge on any atom is -0.478 e. The number of carbonyl (C=O) groups is 2. The molecule has 0 unspecified atom stereocenters. The van der Waals surface area contributed by atoms with Crippen molar-refractivity contribution in [2.24, 2.45) is 0 Å². The van der Waals surface area contributed by atoms with Gasteiger partial charge in [0.25, 0.3) is 0 Å². The molecule has 0 atom stereocenters. The Morgan fingerprint density at radius 2 is 1.93 bits per heavy atom. The molecule has 8 heteroatoms. The van der Waals surface area contributed by atoms with E-state index in [1.807, 2.05) is 0 Å². The van der Waals surface area contributed by atoms with Crippen LogP contribution >= 0.6 is 11.6 Å². The molecular weight excluding hydrogens is 373 g/mol. The molecular formula is C19H19ClFN3O3. The summed E-state index contributed by atoms with van der Waals surface area (Å²) in [5, 5.41) is 12.6. The Labute approximate surface area is 161 Å². The van der Waals surface area contributed by atoms with Gasteiger partial charge in [0.2, 0.25) is 0 Å². The number of aromatic carboxylic acids is 1. The van der Waals surface area contributed by atoms with Gasteiger partial charge in [-0.25, -0.2) is 14.0 Å². The van der Waals surface area contributed by atoms with E-state index in [2.05, 4.69) is 5.32 Å². The number of carbonyl (C=O) groups excluding carboxylic acids is 1. The van der Waals surface area contributed by atoms with E-state index in [0.717, 1.165) is 6.07 Å². The van der Waals surface area contributed by atoms with E-state index in [-0.39, 0.29) is 23.7 Å². The first kappa shape index (κ1) is 19.1. The maximum absolute atomic E-state index is 14.4. The topological polar surface area (TPSA) is 72.9 Å². The van der Waals surface area contributed by atoms with Gasteiger partial charge in [-0.05, 0) is 30.3 Å². The lowest BCUT2D eigenvalue weighted by molar-refractivity contribution is 0.0696. The van der Waals surface area contributed by atoms with Crippen LogP contribution in [0.15, 0.2) is 42.5 Å². The van der Waals surface area contributed by atoms with Crippen molar-refractivity contribution in [3.63, 3.8) is 0 Å². The van der Waals surface area contributed by atoms with Crippen LogP contribution < -0.4 is 10.2 Å². The minimum atomic E-state index is -1.20. The fraction of sp³-hybridized carbons (Fsp3) is 0.263. The highest BCUT2D eigenvalue weighted by molar-refractivity contribution is 6.30. The summed E-state index contributed by atoms with van der Waals surface area (Å²) in [4.78, 5) is 27.2. The van der Waals surface area contributed by atoms with Crippen LogP contribution in [-0.4, -0.2) is 48.2 Å². The predicted molar refractivity (Wildman–Crippen MR) is 101 cm³/mol. The third kappa shape index (κ3) is 4.56. The normalized spacial score (nSPS) is 14.1. The summed E-state index contributed by atoms with van der Waals surface area (Å²) in [6.07, 6.45) is 0. The maximum Gasteiger partial charge on any atom is 0.335 e. The van der Waals surface area contributed by atoms with Gasteiger partial charge in [0, 0.05) is 42.5 Å². The molecule has 1 aliphatic heterocycles. The highest BCUT2D eigenvalue weighted by Crippen LogP contribution is 2.24.